The lowest BCUT2D eigenvalue weighted by Crippen LogP contribution is -2.10. The number of carbonyl (C=O) groups excluding carboxylic acids is 1. The third-order valence-electron chi connectivity index (χ3n) is 9.49. The van der Waals surface area contributed by atoms with Crippen LogP contribution in [0.2, 0.25) is 0 Å². The Balaban J connectivity index is 0.00000145. The molecular formula is C43H48N2O3. The quantitative estimate of drug-likeness (QED) is 0.0663. The second-order valence-electron chi connectivity index (χ2n) is 12.8. The summed E-state index contributed by atoms with van der Waals surface area (Å²) in [6.07, 6.45) is 4.81. The fraction of sp³-hybridized carbons (Fsp3) is 0.302. The minimum atomic E-state index is -0.0116. The maximum Gasteiger partial charge on any atom is 0.196 e. The van der Waals surface area contributed by atoms with E-state index in [0.29, 0.717) is 29.4 Å². The molecule has 48 heavy (non-hydrogen) atoms. The van der Waals surface area contributed by atoms with Gasteiger partial charge in [0.2, 0.25) is 0 Å². The van der Waals surface area contributed by atoms with Gasteiger partial charge in [0.25, 0.3) is 0 Å². The van der Waals surface area contributed by atoms with Gasteiger partial charge in [-0.2, -0.15) is 0 Å². The predicted molar refractivity (Wildman–Crippen MR) is 202 cm³/mol. The van der Waals surface area contributed by atoms with Crippen molar-refractivity contribution in [1.82, 2.24) is 4.57 Å². The molecule has 0 aliphatic rings. The first-order valence-electron chi connectivity index (χ1n) is 17.2. The number of benzene rings is 5. The van der Waals surface area contributed by atoms with Crippen molar-refractivity contribution in [2.75, 3.05) is 6.61 Å². The Morgan fingerprint density at radius 2 is 1.52 bits per heavy atom. The number of aromatic nitrogens is 1. The van der Waals surface area contributed by atoms with E-state index in [9.17, 15) is 4.79 Å². The molecule has 0 bridgehead atoms. The summed E-state index contributed by atoms with van der Waals surface area (Å²) in [6.45, 7) is 17.3. The van der Waals surface area contributed by atoms with E-state index in [-0.39, 0.29) is 5.78 Å². The summed E-state index contributed by atoms with van der Waals surface area (Å²) in [6, 6.07) is 29.7. The van der Waals surface area contributed by atoms with E-state index in [2.05, 4.69) is 106 Å². The maximum atomic E-state index is 14.0. The number of fused-ring (bicyclic) bond motifs is 5. The van der Waals surface area contributed by atoms with Gasteiger partial charge in [0, 0.05) is 40.5 Å². The zero-order chi connectivity index (χ0) is 34.4. The van der Waals surface area contributed by atoms with E-state index < -0.39 is 0 Å². The SMILES string of the molecule is C=NO.CCCCC(CC)Cn1c2ccc(C(=O)c3ccccc3OCC)cc2c2cc(-c3c(C)cc(C)cc3C)c3ccccc3c21. The largest absolute Gasteiger partial charge is 0.493 e. The third kappa shape index (κ3) is 6.73. The smallest absolute Gasteiger partial charge is 0.196 e. The van der Waals surface area contributed by atoms with Crippen molar-refractivity contribution in [2.24, 2.45) is 11.1 Å². The molecule has 0 radical (unpaired) electrons. The minimum absolute atomic E-state index is 0.0116. The van der Waals surface area contributed by atoms with Crippen molar-refractivity contribution in [3.63, 3.8) is 0 Å². The molecule has 1 aromatic heterocycles. The van der Waals surface area contributed by atoms with Crippen molar-refractivity contribution in [2.45, 2.75) is 73.8 Å². The molecule has 0 spiro atoms. The number of unbranched alkanes of at least 4 members (excludes halogenated alkanes) is 1. The van der Waals surface area contributed by atoms with Crippen molar-refractivity contribution >= 4 is 45.1 Å². The number of para-hydroxylation sites is 1. The Morgan fingerprint density at radius 3 is 2.19 bits per heavy atom. The fourth-order valence-electron chi connectivity index (χ4n) is 7.37. The number of ether oxygens (including phenoxy) is 1. The zero-order valence-corrected chi connectivity index (χ0v) is 29.3. The van der Waals surface area contributed by atoms with Gasteiger partial charge in [-0.1, -0.05) is 87.2 Å². The monoisotopic (exact) mass is 640 g/mol. The number of hydrogen-bond acceptors (Lipinski definition) is 4. The molecule has 0 aliphatic heterocycles. The Morgan fingerprint density at radius 1 is 0.854 bits per heavy atom. The second-order valence-corrected chi connectivity index (χ2v) is 12.8. The molecule has 6 rings (SSSR count). The highest BCUT2D eigenvalue weighted by molar-refractivity contribution is 6.23. The van der Waals surface area contributed by atoms with Gasteiger partial charge in [0.05, 0.1) is 17.7 Å². The van der Waals surface area contributed by atoms with Crippen LogP contribution >= 0.6 is 0 Å². The molecule has 5 aromatic carbocycles. The summed E-state index contributed by atoms with van der Waals surface area (Å²) in [5, 5.41) is 14.2. The maximum absolute atomic E-state index is 14.0. The lowest BCUT2D eigenvalue weighted by atomic mass is 9.89. The molecule has 0 saturated carbocycles. The van der Waals surface area contributed by atoms with Crippen LogP contribution in [0.15, 0.2) is 90.1 Å². The van der Waals surface area contributed by atoms with E-state index in [1.807, 2.05) is 37.3 Å². The van der Waals surface area contributed by atoms with Crippen LogP contribution in [0, 0.1) is 26.7 Å². The number of rotatable bonds is 11. The highest BCUT2D eigenvalue weighted by Gasteiger charge is 2.22. The molecule has 6 aromatic rings. The van der Waals surface area contributed by atoms with Crippen molar-refractivity contribution < 1.29 is 14.7 Å². The number of aryl methyl sites for hydroxylation is 3. The van der Waals surface area contributed by atoms with E-state index >= 15 is 0 Å². The summed E-state index contributed by atoms with van der Waals surface area (Å²) in [5.74, 6) is 1.21. The van der Waals surface area contributed by atoms with Crippen LogP contribution in [0.5, 0.6) is 5.75 Å². The summed E-state index contributed by atoms with van der Waals surface area (Å²) >= 11 is 0. The lowest BCUT2D eigenvalue weighted by molar-refractivity contribution is 0.103. The van der Waals surface area contributed by atoms with Crippen molar-refractivity contribution in [3.05, 3.63) is 113 Å². The first-order valence-corrected chi connectivity index (χ1v) is 17.2. The molecule has 0 fully saturated rings. The number of oxime groups is 1. The molecule has 1 N–H and O–H groups in total. The van der Waals surface area contributed by atoms with Gasteiger partial charge in [-0.3, -0.25) is 4.79 Å². The van der Waals surface area contributed by atoms with Crippen LogP contribution in [0.4, 0.5) is 0 Å². The number of carbonyl (C=O) groups is 1. The van der Waals surface area contributed by atoms with Gasteiger partial charge in [-0.25, -0.2) is 0 Å². The summed E-state index contributed by atoms with van der Waals surface area (Å²) in [7, 11) is 0. The van der Waals surface area contributed by atoms with Gasteiger partial charge in [0.15, 0.2) is 5.78 Å². The molecule has 1 atom stereocenters. The molecule has 5 nitrogen and oxygen atoms in total. The third-order valence-corrected chi connectivity index (χ3v) is 9.49. The predicted octanol–water partition coefficient (Wildman–Crippen LogP) is 11.5. The van der Waals surface area contributed by atoms with E-state index in [4.69, 9.17) is 9.94 Å². The Hall–Kier alpha value is -4.90. The van der Waals surface area contributed by atoms with Gasteiger partial charge >= 0.3 is 0 Å². The lowest BCUT2D eigenvalue weighted by Gasteiger charge is -2.19. The standard InChI is InChI=1S/C42H45NO2.CH3NO/c1-7-10-15-30(8-2)26-43-38-21-20-31(42(44)34-18-13-14-19-39(34)45-9-3)24-35(38)37-25-36(32-16-11-12-17-33(32)41(37)43)40-28(5)22-27(4)23-29(40)6;1-2-3/h11-14,16-25,30H,7-10,15,26H2,1-6H3;3H,1H2. The molecule has 0 aliphatic carbocycles. The fourth-order valence-corrected chi connectivity index (χ4v) is 7.37. The van der Waals surface area contributed by atoms with Crippen LogP contribution in [0.25, 0.3) is 43.7 Å². The highest BCUT2D eigenvalue weighted by Crippen LogP contribution is 2.43. The van der Waals surface area contributed by atoms with Crippen LogP contribution in [0.3, 0.4) is 0 Å². The van der Waals surface area contributed by atoms with Gasteiger partial charge in [-0.15, -0.1) is 5.16 Å². The highest BCUT2D eigenvalue weighted by atomic mass is 16.5. The first-order chi connectivity index (χ1) is 23.3. The average molecular weight is 641 g/mol. The zero-order valence-electron chi connectivity index (χ0n) is 29.3. The first kappa shape index (κ1) is 34.4. The summed E-state index contributed by atoms with van der Waals surface area (Å²) in [5.41, 5.74) is 10.1. The van der Waals surface area contributed by atoms with E-state index in [1.165, 1.54) is 74.3 Å². The molecule has 0 saturated heterocycles. The average Bonchev–Trinajstić information content (AvgIpc) is 3.39. The minimum Gasteiger partial charge on any atom is -0.493 e. The van der Waals surface area contributed by atoms with Crippen LogP contribution in [0.1, 0.15) is 79.1 Å². The van der Waals surface area contributed by atoms with E-state index in [1.54, 1.807) is 0 Å². The Kier molecular flexibility index (Phi) is 11.0. The second kappa shape index (κ2) is 15.3. The molecule has 0 amide bonds. The van der Waals surface area contributed by atoms with Gasteiger partial charge < -0.3 is 14.5 Å². The Bertz CT molecular complexity index is 2060. The molecule has 1 heterocycles. The van der Waals surface area contributed by atoms with Crippen LogP contribution in [-0.2, 0) is 6.54 Å². The molecular weight excluding hydrogens is 592 g/mol. The topological polar surface area (TPSA) is 63.8 Å². The molecule has 248 valence electrons. The normalized spacial score (nSPS) is 11.8. The summed E-state index contributed by atoms with van der Waals surface area (Å²) in [4.78, 5) is 14.0. The number of nitrogens with zero attached hydrogens (tertiary/aromatic N) is 2. The van der Waals surface area contributed by atoms with Crippen LogP contribution < -0.4 is 4.74 Å². The van der Waals surface area contributed by atoms with Gasteiger partial charge in [-0.05, 0) is 104 Å². The molecule has 5 heteroatoms. The Labute approximate surface area is 284 Å². The van der Waals surface area contributed by atoms with Crippen molar-refractivity contribution in [1.29, 1.82) is 0 Å². The van der Waals surface area contributed by atoms with Crippen LogP contribution in [-0.4, -0.2) is 28.9 Å². The number of ketones is 1. The van der Waals surface area contributed by atoms with Crippen molar-refractivity contribution in [3.8, 4) is 16.9 Å². The molecule has 1 unspecified atom stereocenters. The summed E-state index contributed by atoms with van der Waals surface area (Å²) < 4.78 is 8.40. The van der Waals surface area contributed by atoms with E-state index in [0.717, 1.165) is 18.4 Å². The number of hydrogen-bond donors (Lipinski definition) is 1. The van der Waals surface area contributed by atoms with Gasteiger partial charge in [0.1, 0.15) is 5.75 Å².